The number of ether oxygens (including phenoxy) is 1. The Bertz CT molecular complexity index is 387. The number of aryl methyl sites for hydroxylation is 1. The van der Waals surface area contributed by atoms with E-state index in [1.807, 2.05) is 17.9 Å². The first kappa shape index (κ1) is 9.87. The highest BCUT2D eigenvalue weighted by atomic mass is 16.5. The van der Waals surface area contributed by atoms with Crippen LogP contribution in [0.3, 0.4) is 0 Å². The standard InChI is InChI=1S/C10H12N4O/c1-8-12-3-2-10(13-8)14-4-5-15-9(6-11)7-14/h2-3,9H,4-5,7H2,1H3. The molecular weight excluding hydrogens is 192 g/mol. The second-order valence-electron chi connectivity index (χ2n) is 3.40. The molecule has 0 spiro atoms. The van der Waals surface area contributed by atoms with Gasteiger partial charge in [-0.15, -0.1) is 0 Å². The van der Waals surface area contributed by atoms with Crippen molar-refractivity contribution < 1.29 is 4.74 Å². The van der Waals surface area contributed by atoms with E-state index in [4.69, 9.17) is 10.00 Å². The van der Waals surface area contributed by atoms with Gasteiger partial charge in [0, 0.05) is 12.7 Å². The maximum Gasteiger partial charge on any atom is 0.161 e. The Morgan fingerprint density at radius 3 is 3.27 bits per heavy atom. The van der Waals surface area contributed by atoms with Crippen LogP contribution in [-0.2, 0) is 4.74 Å². The Hall–Kier alpha value is -1.67. The first-order chi connectivity index (χ1) is 7.29. The van der Waals surface area contributed by atoms with Crippen LogP contribution in [0.25, 0.3) is 0 Å². The van der Waals surface area contributed by atoms with Gasteiger partial charge in [-0.05, 0) is 13.0 Å². The minimum Gasteiger partial charge on any atom is -0.360 e. The first-order valence-electron chi connectivity index (χ1n) is 4.85. The SMILES string of the molecule is Cc1nccc(N2CCOC(C#N)C2)n1. The lowest BCUT2D eigenvalue weighted by Crippen LogP contribution is -2.42. The van der Waals surface area contributed by atoms with E-state index in [1.54, 1.807) is 6.20 Å². The molecule has 2 rings (SSSR count). The Kier molecular flexibility index (Phi) is 2.79. The topological polar surface area (TPSA) is 62.0 Å². The van der Waals surface area contributed by atoms with Crippen molar-refractivity contribution in [3.63, 3.8) is 0 Å². The van der Waals surface area contributed by atoms with Gasteiger partial charge in [0.1, 0.15) is 11.6 Å². The molecule has 2 heterocycles. The van der Waals surface area contributed by atoms with Crippen LogP contribution in [-0.4, -0.2) is 35.8 Å². The molecule has 0 aliphatic carbocycles. The third-order valence-corrected chi connectivity index (χ3v) is 2.30. The van der Waals surface area contributed by atoms with E-state index < -0.39 is 0 Å². The Morgan fingerprint density at radius 2 is 2.53 bits per heavy atom. The molecule has 0 saturated carbocycles. The summed E-state index contributed by atoms with van der Waals surface area (Å²) < 4.78 is 5.26. The van der Waals surface area contributed by atoms with E-state index in [0.717, 1.165) is 18.2 Å². The molecular formula is C10H12N4O. The predicted molar refractivity (Wildman–Crippen MR) is 54.3 cm³/mol. The van der Waals surface area contributed by atoms with Gasteiger partial charge in [0.05, 0.1) is 19.2 Å². The Balaban J connectivity index is 2.14. The molecule has 1 aromatic rings. The molecule has 1 aliphatic rings. The van der Waals surface area contributed by atoms with Gasteiger partial charge in [-0.1, -0.05) is 0 Å². The first-order valence-corrected chi connectivity index (χ1v) is 4.85. The maximum absolute atomic E-state index is 8.78. The summed E-state index contributed by atoms with van der Waals surface area (Å²) in [4.78, 5) is 10.4. The number of nitriles is 1. The highest BCUT2D eigenvalue weighted by Crippen LogP contribution is 2.14. The molecule has 78 valence electrons. The summed E-state index contributed by atoms with van der Waals surface area (Å²) in [7, 11) is 0. The molecule has 0 aromatic carbocycles. The lowest BCUT2D eigenvalue weighted by molar-refractivity contribution is 0.0761. The predicted octanol–water partition coefficient (Wildman–Crippen LogP) is 0.514. The van der Waals surface area contributed by atoms with Gasteiger partial charge in [-0.2, -0.15) is 5.26 Å². The van der Waals surface area contributed by atoms with Crippen LogP contribution in [0.2, 0.25) is 0 Å². The zero-order valence-corrected chi connectivity index (χ0v) is 8.55. The smallest absolute Gasteiger partial charge is 0.161 e. The van der Waals surface area contributed by atoms with Crippen molar-refractivity contribution >= 4 is 5.82 Å². The van der Waals surface area contributed by atoms with Crippen molar-refractivity contribution in [2.45, 2.75) is 13.0 Å². The van der Waals surface area contributed by atoms with Gasteiger partial charge in [-0.25, -0.2) is 9.97 Å². The number of hydrogen-bond donors (Lipinski definition) is 0. The number of nitrogens with zero attached hydrogens (tertiary/aromatic N) is 4. The van der Waals surface area contributed by atoms with Crippen LogP contribution in [0, 0.1) is 18.3 Å². The lowest BCUT2D eigenvalue weighted by atomic mass is 10.3. The van der Waals surface area contributed by atoms with E-state index in [9.17, 15) is 0 Å². The fraction of sp³-hybridized carbons (Fsp3) is 0.500. The molecule has 1 unspecified atom stereocenters. The number of rotatable bonds is 1. The zero-order valence-electron chi connectivity index (χ0n) is 8.55. The summed E-state index contributed by atoms with van der Waals surface area (Å²) in [5, 5.41) is 8.78. The molecule has 0 bridgehead atoms. The van der Waals surface area contributed by atoms with Gasteiger partial charge in [0.15, 0.2) is 6.10 Å². The molecule has 1 aromatic heterocycles. The van der Waals surface area contributed by atoms with E-state index in [0.29, 0.717) is 13.2 Å². The Morgan fingerprint density at radius 1 is 1.67 bits per heavy atom. The van der Waals surface area contributed by atoms with Crippen LogP contribution in [0.4, 0.5) is 5.82 Å². The minimum atomic E-state index is -0.353. The van der Waals surface area contributed by atoms with Gasteiger partial charge in [-0.3, -0.25) is 0 Å². The van der Waals surface area contributed by atoms with Crippen molar-refractivity contribution in [3.8, 4) is 6.07 Å². The molecule has 1 atom stereocenters. The largest absolute Gasteiger partial charge is 0.360 e. The summed E-state index contributed by atoms with van der Waals surface area (Å²) in [6.07, 6.45) is 1.38. The maximum atomic E-state index is 8.78. The van der Waals surface area contributed by atoms with Crippen molar-refractivity contribution in [1.29, 1.82) is 5.26 Å². The average Bonchev–Trinajstić information content (AvgIpc) is 2.29. The van der Waals surface area contributed by atoms with Crippen LogP contribution in [0.15, 0.2) is 12.3 Å². The number of morpholine rings is 1. The summed E-state index contributed by atoms with van der Waals surface area (Å²) in [6.45, 7) is 3.77. The molecule has 5 nitrogen and oxygen atoms in total. The normalized spacial score (nSPS) is 21.1. The van der Waals surface area contributed by atoms with Crippen LogP contribution < -0.4 is 4.90 Å². The summed E-state index contributed by atoms with van der Waals surface area (Å²) in [5.74, 6) is 1.61. The van der Waals surface area contributed by atoms with Crippen LogP contribution >= 0.6 is 0 Å². The Labute approximate surface area is 88.3 Å². The third kappa shape index (κ3) is 2.22. The van der Waals surface area contributed by atoms with Crippen molar-refractivity contribution in [2.24, 2.45) is 0 Å². The molecule has 1 saturated heterocycles. The number of hydrogen-bond acceptors (Lipinski definition) is 5. The molecule has 0 radical (unpaired) electrons. The van der Waals surface area contributed by atoms with Crippen molar-refractivity contribution in [2.75, 3.05) is 24.6 Å². The van der Waals surface area contributed by atoms with Gasteiger partial charge in [0.2, 0.25) is 0 Å². The van der Waals surface area contributed by atoms with Gasteiger partial charge < -0.3 is 9.64 Å². The van der Waals surface area contributed by atoms with Crippen molar-refractivity contribution in [3.05, 3.63) is 18.1 Å². The van der Waals surface area contributed by atoms with Crippen molar-refractivity contribution in [1.82, 2.24) is 9.97 Å². The molecule has 5 heteroatoms. The molecule has 1 fully saturated rings. The van der Waals surface area contributed by atoms with E-state index in [2.05, 4.69) is 16.0 Å². The third-order valence-electron chi connectivity index (χ3n) is 2.30. The fourth-order valence-corrected chi connectivity index (χ4v) is 1.56. The number of aromatic nitrogens is 2. The average molecular weight is 204 g/mol. The monoisotopic (exact) mass is 204 g/mol. The number of anilines is 1. The fourth-order valence-electron chi connectivity index (χ4n) is 1.56. The van der Waals surface area contributed by atoms with Gasteiger partial charge in [0.25, 0.3) is 0 Å². The minimum absolute atomic E-state index is 0.353. The van der Waals surface area contributed by atoms with E-state index >= 15 is 0 Å². The molecule has 0 amide bonds. The second-order valence-corrected chi connectivity index (χ2v) is 3.40. The summed E-state index contributed by atoms with van der Waals surface area (Å²) in [6, 6.07) is 3.96. The lowest BCUT2D eigenvalue weighted by Gasteiger charge is -2.30. The molecule has 1 aliphatic heterocycles. The van der Waals surface area contributed by atoms with Crippen LogP contribution in [0.5, 0.6) is 0 Å². The molecule has 15 heavy (non-hydrogen) atoms. The molecule has 0 N–H and O–H groups in total. The highest BCUT2D eigenvalue weighted by Gasteiger charge is 2.20. The van der Waals surface area contributed by atoms with Crippen LogP contribution in [0.1, 0.15) is 5.82 Å². The summed E-state index contributed by atoms with van der Waals surface area (Å²) >= 11 is 0. The van der Waals surface area contributed by atoms with E-state index in [-0.39, 0.29) is 6.10 Å². The summed E-state index contributed by atoms with van der Waals surface area (Å²) in [5.41, 5.74) is 0. The van der Waals surface area contributed by atoms with Gasteiger partial charge >= 0.3 is 0 Å². The zero-order chi connectivity index (χ0) is 10.7. The quantitative estimate of drug-likeness (QED) is 0.667. The highest BCUT2D eigenvalue weighted by molar-refractivity contribution is 5.38. The van der Waals surface area contributed by atoms with E-state index in [1.165, 1.54) is 0 Å². The second kappa shape index (κ2) is 4.24.